The first kappa shape index (κ1) is 18.0. The maximum Gasteiger partial charge on any atom is 0.201 e. The molecule has 27 heavy (non-hydrogen) atoms. The smallest absolute Gasteiger partial charge is 0.201 e. The second kappa shape index (κ2) is 8.08. The van der Waals surface area contributed by atoms with Gasteiger partial charge in [-0.3, -0.25) is 9.88 Å². The van der Waals surface area contributed by atoms with E-state index in [0.717, 1.165) is 55.0 Å². The van der Waals surface area contributed by atoms with E-state index in [2.05, 4.69) is 16.0 Å². The summed E-state index contributed by atoms with van der Waals surface area (Å²) in [5, 5.41) is 11.9. The van der Waals surface area contributed by atoms with E-state index in [9.17, 15) is 5.11 Å². The van der Waals surface area contributed by atoms with Gasteiger partial charge in [0.05, 0.1) is 36.6 Å². The number of hydrogen-bond acceptors (Lipinski definition) is 5. The summed E-state index contributed by atoms with van der Waals surface area (Å²) in [6.07, 6.45) is 1.91. The summed E-state index contributed by atoms with van der Waals surface area (Å²) in [5.41, 5.74) is 3.72. The van der Waals surface area contributed by atoms with Crippen LogP contribution in [0.4, 0.5) is 0 Å². The fraction of sp³-hybridized carbons (Fsp3) is 0.381. The molecule has 1 aliphatic rings. The topological polar surface area (TPSA) is 59.8 Å². The quantitative estimate of drug-likeness (QED) is 0.726. The Kier molecular flexibility index (Phi) is 5.38. The van der Waals surface area contributed by atoms with Crippen LogP contribution in [0.5, 0.6) is 5.88 Å². The third-order valence-corrected chi connectivity index (χ3v) is 5.05. The monoisotopic (exact) mass is 367 g/mol. The highest BCUT2D eigenvalue weighted by Crippen LogP contribution is 2.38. The van der Waals surface area contributed by atoms with Gasteiger partial charge in [0, 0.05) is 44.9 Å². The Morgan fingerprint density at radius 3 is 2.70 bits per heavy atom. The molecule has 1 saturated heterocycles. The first-order chi connectivity index (χ1) is 13.3. The third kappa shape index (κ3) is 3.69. The summed E-state index contributed by atoms with van der Waals surface area (Å²) in [7, 11) is 1.67. The predicted molar refractivity (Wildman–Crippen MR) is 105 cm³/mol. The van der Waals surface area contributed by atoms with Gasteiger partial charge in [-0.05, 0) is 17.7 Å². The molecule has 6 heteroatoms. The van der Waals surface area contributed by atoms with Gasteiger partial charge in [-0.1, -0.05) is 24.3 Å². The molecule has 4 rings (SSSR count). The Hall–Kier alpha value is -2.41. The van der Waals surface area contributed by atoms with Crippen molar-refractivity contribution in [1.82, 2.24) is 14.5 Å². The van der Waals surface area contributed by atoms with Crippen LogP contribution < -0.4 is 0 Å². The van der Waals surface area contributed by atoms with Crippen LogP contribution in [0.2, 0.25) is 0 Å². The molecule has 0 aliphatic carbocycles. The maximum atomic E-state index is 10.9. The number of morpholine rings is 1. The number of hydrogen-bond donors (Lipinski definition) is 1. The third-order valence-electron chi connectivity index (χ3n) is 5.05. The van der Waals surface area contributed by atoms with Gasteiger partial charge in [-0.25, -0.2) is 0 Å². The number of para-hydroxylation sites is 1. The molecular weight excluding hydrogens is 342 g/mol. The summed E-state index contributed by atoms with van der Waals surface area (Å²) >= 11 is 0. The number of aromatic hydroxyl groups is 1. The standard InChI is InChI=1S/C21H25N3O3/c1-26-11-10-24-19-5-3-2-4-17(19)20(21(24)25)18-7-6-16(14-22-18)15-23-8-12-27-13-9-23/h2-7,14,25H,8-13,15H2,1H3. The molecule has 3 heterocycles. The zero-order valence-corrected chi connectivity index (χ0v) is 15.6. The van der Waals surface area contributed by atoms with Crippen molar-refractivity contribution in [2.45, 2.75) is 13.1 Å². The van der Waals surface area contributed by atoms with Gasteiger partial charge in [-0.15, -0.1) is 0 Å². The van der Waals surface area contributed by atoms with E-state index in [-0.39, 0.29) is 5.88 Å². The molecule has 2 aromatic heterocycles. The van der Waals surface area contributed by atoms with Crippen LogP contribution in [0.3, 0.4) is 0 Å². The van der Waals surface area contributed by atoms with Crippen LogP contribution in [-0.2, 0) is 22.6 Å². The lowest BCUT2D eigenvalue weighted by molar-refractivity contribution is 0.0341. The number of nitrogens with zero attached hydrogens (tertiary/aromatic N) is 3. The maximum absolute atomic E-state index is 10.9. The Bertz CT molecular complexity index is 899. The number of pyridine rings is 1. The number of aromatic nitrogens is 2. The van der Waals surface area contributed by atoms with E-state index >= 15 is 0 Å². The minimum absolute atomic E-state index is 0.238. The van der Waals surface area contributed by atoms with Gasteiger partial charge in [0.25, 0.3) is 0 Å². The van der Waals surface area contributed by atoms with E-state index in [1.165, 1.54) is 5.56 Å². The molecule has 142 valence electrons. The molecule has 1 aliphatic heterocycles. The van der Waals surface area contributed by atoms with E-state index in [0.29, 0.717) is 13.2 Å². The lowest BCUT2D eigenvalue weighted by Gasteiger charge is -2.26. The number of rotatable bonds is 6. The molecule has 0 amide bonds. The average Bonchev–Trinajstić information content (AvgIpc) is 2.99. The van der Waals surface area contributed by atoms with E-state index in [1.54, 1.807) is 7.11 Å². The molecule has 0 unspecified atom stereocenters. The van der Waals surface area contributed by atoms with Crippen LogP contribution in [0, 0.1) is 0 Å². The molecule has 1 aromatic carbocycles. The van der Waals surface area contributed by atoms with E-state index in [1.807, 2.05) is 41.1 Å². The zero-order valence-electron chi connectivity index (χ0n) is 15.6. The van der Waals surface area contributed by atoms with Crippen molar-refractivity contribution in [3.05, 3.63) is 48.2 Å². The lowest BCUT2D eigenvalue weighted by atomic mass is 10.1. The van der Waals surface area contributed by atoms with Crippen molar-refractivity contribution in [3.63, 3.8) is 0 Å². The molecule has 1 fully saturated rings. The van der Waals surface area contributed by atoms with E-state index < -0.39 is 0 Å². The minimum atomic E-state index is 0.238. The molecule has 3 aromatic rings. The number of methoxy groups -OCH3 is 1. The normalized spacial score (nSPS) is 15.4. The SMILES string of the molecule is COCCn1c(O)c(-c2ccc(CN3CCOCC3)cn2)c2ccccc21. The van der Waals surface area contributed by atoms with Gasteiger partial charge < -0.3 is 19.1 Å². The van der Waals surface area contributed by atoms with Crippen molar-refractivity contribution in [3.8, 4) is 17.1 Å². The molecular formula is C21H25N3O3. The molecule has 6 nitrogen and oxygen atoms in total. The highest BCUT2D eigenvalue weighted by molar-refractivity contribution is 5.98. The van der Waals surface area contributed by atoms with Crippen LogP contribution in [-0.4, -0.2) is 59.6 Å². The summed E-state index contributed by atoms with van der Waals surface area (Å²) < 4.78 is 12.5. The Morgan fingerprint density at radius 2 is 1.96 bits per heavy atom. The Morgan fingerprint density at radius 1 is 1.15 bits per heavy atom. The predicted octanol–water partition coefficient (Wildman–Crippen LogP) is 2.89. The molecule has 0 radical (unpaired) electrons. The van der Waals surface area contributed by atoms with Gasteiger partial charge in [0.2, 0.25) is 5.88 Å². The van der Waals surface area contributed by atoms with Gasteiger partial charge in [0.1, 0.15) is 0 Å². The largest absolute Gasteiger partial charge is 0.494 e. The van der Waals surface area contributed by atoms with Crippen LogP contribution in [0.25, 0.3) is 22.2 Å². The van der Waals surface area contributed by atoms with Crippen LogP contribution in [0.1, 0.15) is 5.56 Å². The van der Waals surface area contributed by atoms with Crippen molar-refractivity contribution in [2.24, 2.45) is 0 Å². The summed E-state index contributed by atoms with van der Waals surface area (Å²) in [6, 6.07) is 12.1. The lowest BCUT2D eigenvalue weighted by Crippen LogP contribution is -2.35. The van der Waals surface area contributed by atoms with Gasteiger partial charge in [0.15, 0.2) is 0 Å². The second-order valence-electron chi connectivity index (χ2n) is 6.80. The number of benzene rings is 1. The molecule has 0 bridgehead atoms. The fourth-order valence-electron chi connectivity index (χ4n) is 3.63. The van der Waals surface area contributed by atoms with Crippen molar-refractivity contribution in [2.75, 3.05) is 40.0 Å². The molecule has 0 spiro atoms. The minimum Gasteiger partial charge on any atom is -0.494 e. The summed E-state index contributed by atoms with van der Waals surface area (Å²) in [5.74, 6) is 0.238. The zero-order chi connectivity index (χ0) is 18.6. The first-order valence-electron chi connectivity index (χ1n) is 9.32. The number of fused-ring (bicyclic) bond motifs is 1. The van der Waals surface area contributed by atoms with Crippen molar-refractivity contribution < 1.29 is 14.6 Å². The van der Waals surface area contributed by atoms with Crippen molar-refractivity contribution in [1.29, 1.82) is 0 Å². The second-order valence-corrected chi connectivity index (χ2v) is 6.80. The fourth-order valence-corrected chi connectivity index (χ4v) is 3.63. The molecule has 0 saturated carbocycles. The molecule has 1 N–H and O–H groups in total. The highest BCUT2D eigenvalue weighted by atomic mass is 16.5. The van der Waals surface area contributed by atoms with Crippen molar-refractivity contribution >= 4 is 10.9 Å². The van der Waals surface area contributed by atoms with E-state index in [4.69, 9.17) is 9.47 Å². The average molecular weight is 367 g/mol. The summed E-state index contributed by atoms with van der Waals surface area (Å²) in [6.45, 7) is 5.50. The van der Waals surface area contributed by atoms with Crippen LogP contribution >= 0.6 is 0 Å². The Labute approximate surface area is 159 Å². The highest BCUT2D eigenvalue weighted by Gasteiger charge is 2.19. The van der Waals surface area contributed by atoms with Gasteiger partial charge >= 0.3 is 0 Å². The number of ether oxygens (including phenoxy) is 2. The summed E-state index contributed by atoms with van der Waals surface area (Å²) in [4.78, 5) is 7.03. The molecule has 0 atom stereocenters. The van der Waals surface area contributed by atoms with Gasteiger partial charge in [-0.2, -0.15) is 0 Å². The first-order valence-corrected chi connectivity index (χ1v) is 9.32. The van der Waals surface area contributed by atoms with Crippen LogP contribution in [0.15, 0.2) is 42.6 Å². The Balaban J connectivity index is 1.64.